The van der Waals surface area contributed by atoms with E-state index in [4.69, 9.17) is 5.73 Å². The molecular weight excluding hydrogens is 218 g/mol. The van der Waals surface area contributed by atoms with E-state index >= 15 is 0 Å². The lowest BCUT2D eigenvalue weighted by atomic mass is 9.87. The summed E-state index contributed by atoms with van der Waals surface area (Å²) in [6.45, 7) is 7.40. The Balaban J connectivity index is 3.65. The summed E-state index contributed by atoms with van der Waals surface area (Å²) in [7, 11) is 0. The molecule has 0 radical (unpaired) electrons. The van der Waals surface area contributed by atoms with E-state index in [2.05, 4.69) is 0 Å². The maximum atomic E-state index is 11.3. The molecule has 1 aromatic rings. The second kappa shape index (κ2) is 4.57. The minimum atomic E-state index is -1.01. The first-order valence-electron chi connectivity index (χ1n) is 5.38. The van der Waals surface area contributed by atoms with E-state index in [0.717, 1.165) is 16.7 Å². The highest BCUT2D eigenvalue weighted by molar-refractivity contribution is 5.94. The number of hydrogen-bond acceptors (Lipinski definition) is 2. The van der Waals surface area contributed by atoms with E-state index in [9.17, 15) is 14.7 Å². The Hall–Kier alpha value is -1.84. The second-order valence-corrected chi connectivity index (χ2v) is 4.30. The van der Waals surface area contributed by atoms with E-state index in [0.29, 0.717) is 11.1 Å². The molecule has 0 unspecified atom stereocenters. The van der Waals surface area contributed by atoms with Gasteiger partial charge < -0.3 is 10.8 Å². The van der Waals surface area contributed by atoms with Crippen molar-refractivity contribution in [3.8, 4) is 0 Å². The van der Waals surface area contributed by atoms with Gasteiger partial charge in [0.1, 0.15) is 0 Å². The molecule has 3 N–H and O–H groups in total. The molecule has 0 heterocycles. The molecule has 0 fully saturated rings. The fraction of sp³-hybridized carbons (Fsp3) is 0.385. The molecule has 1 aromatic carbocycles. The van der Waals surface area contributed by atoms with E-state index in [1.54, 1.807) is 6.92 Å². The van der Waals surface area contributed by atoms with Crippen LogP contribution in [0.4, 0.5) is 0 Å². The standard InChI is InChI=1S/C13H17NO3/c1-6-7(2)9(4)12(13(16)17)10(8(6)3)5-11(14)15/h5H2,1-4H3,(H2,14,15)(H,16,17). The number of carboxylic acids is 1. The largest absolute Gasteiger partial charge is 0.478 e. The van der Waals surface area contributed by atoms with Crippen LogP contribution in [-0.2, 0) is 11.2 Å². The average Bonchev–Trinajstić information content (AvgIpc) is 2.22. The van der Waals surface area contributed by atoms with Crippen molar-refractivity contribution in [1.29, 1.82) is 0 Å². The molecule has 0 spiro atoms. The summed E-state index contributed by atoms with van der Waals surface area (Å²) in [6.07, 6.45) is -0.0323. The molecular formula is C13H17NO3. The number of carboxylic acid groups (broad SMARTS) is 1. The minimum Gasteiger partial charge on any atom is -0.478 e. The van der Waals surface area contributed by atoms with Crippen LogP contribution in [0.2, 0.25) is 0 Å². The first-order valence-corrected chi connectivity index (χ1v) is 5.38. The van der Waals surface area contributed by atoms with Gasteiger partial charge in [0, 0.05) is 0 Å². The van der Waals surface area contributed by atoms with Gasteiger partial charge in [0.25, 0.3) is 0 Å². The van der Waals surface area contributed by atoms with Gasteiger partial charge in [-0.25, -0.2) is 4.79 Å². The molecule has 0 aliphatic carbocycles. The molecule has 4 nitrogen and oxygen atoms in total. The Morgan fingerprint density at radius 3 is 1.88 bits per heavy atom. The SMILES string of the molecule is Cc1c(C)c(C)c(C(=O)O)c(CC(N)=O)c1C. The molecule has 0 saturated heterocycles. The zero-order valence-corrected chi connectivity index (χ0v) is 10.5. The Morgan fingerprint density at radius 2 is 1.47 bits per heavy atom. The van der Waals surface area contributed by atoms with E-state index in [-0.39, 0.29) is 12.0 Å². The normalized spacial score (nSPS) is 10.4. The Bertz CT molecular complexity index is 504. The number of aromatic carboxylic acids is 1. The number of amides is 1. The fourth-order valence-corrected chi connectivity index (χ4v) is 2.07. The number of benzene rings is 1. The highest BCUT2D eigenvalue weighted by Crippen LogP contribution is 2.27. The Morgan fingerprint density at radius 1 is 1.00 bits per heavy atom. The summed E-state index contributed by atoms with van der Waals surface area (Å²) in [6, 6.07) is 0. The molecule has 4 heteroatoms. The van der Waals surface area contributed by atoms with Gasteiger partial charge >= 0.3 is 5.97 Å². The minimum absolute atomic E-state index is 0.0323. The van der Waals surface area contributed by atoms with Crippen molar-refractivity contribution in [3.63, 3.8) is 0 Å². The van der Waals surface area contributed by atoms with E-state index < -0.39 is 11.9 Å². The molecule has 1 rings (SSSR count). The molecule has 17 heavy (non-hydrogen) atoms. The van der Waals surface area contributed by atoms with Crippen molar-refractivity contribution in [1.82, 2.24) is 0 Å². The fourth-order valence-electron chi connectivity index (χ4n) is 2.07. The van der Waals surface area contributed by atoms with Crippen molar-refractivity contribution in [2.45, 2.75) is 34.1 Å². The molecule has 0 aromatic heterocycles. The van der Waals surface area contributed by atoms with Crippen LogP contribution in [0.3, 0.4) is 0 Å². The van der Waals surface area contributed by atoms with Gasteiger partial charge in [0.2, 0.25) is 5.91 Å². The predicted octanol–water partition coefficient (Wildman–Crippen LogP) is 1.65. The summed E-state index contributed by atoms with van der Waals surface area (Å²) >= 11 is 0. The first kappa shape index (κ1) is 13.2. The van der Waals surface area contributed by atoms with Crippen LogP contribution in [0, 0.1) is 27.7 Å². The number of primary amides is 1. The molecule has 0 saturated carbocycles. The van der Waals surface area contributed by atoms with Gasteiger partial charge in [0.05, 0.1) is 12.0 Å². The topological polar surface area (TPSA) is 80.4 Å². The zero-order chi connectivity index (χ0) is 13.3. The van der Waals surface area contributed by atoms with Crippen molar-refractivity contribution < 1.29 is 14.7 Å². The summed E-state index contributed by atoms with van der Waals surface area (Å²) in [5.74, 6) is -1.52. The summed E-state index contributed by atoms with van der Waals surface area (Å²) < 4.78 is 0. The third-order valence-electron chi connectivity index (χ3n) is 3.38. The monoisotopic (exact) mass is 235 g/mol. The Labute approximate surface area is 100 Å². The van der Waals surface area contributed by atoms with Crippen molar-refractivity contribution in [2.24, 2.45) is 5.73 Å². The van der Waals surface area contributed by atoms with Crippen LogP contribution < -0.4 is 5.73 Å². The molecule has 0 bridgehead atoms. The molecule has 0 aliphatic rings. The van der Waals surface area contributed by atoms with Crippen LogP contribution >= 0.6 is 0 Å². The lowest BCUT2D eigenvalue weighted by Crippen LogP contribution is -2.19. The van der Waals surface area contributed by atoms with Gasteiger partial charge in [0.15, 0.2) is 0 Å². The maximum Gasteiger partial charge on any atom is 0.336 e. The van der Waals surface area contributed by atoms with Crippen LogP contribution in [0.5, 0.6) is 0 Å². The second-order valence-electron chi connectivity index (χ2n) is 4.30. The first-order chi connectivity index (χ1) is 7.77. The van der Waals surface area contributed by atoms with Gasteiger partial charge in [-0.15, -0.1) is 0 Å². The molecule has 1 amide bonds. The van der Waals surface area contributed by atoms with Gasteiger partial charge in [-0.1, -0.05) is 0 Å². The van der Waals surface area contributed by atoms with Crippen molar-refractivity contribution in [3.05, 3.63) is 33.4 Å². The van der Waals surface area contributed by atoms with Crippen LogP contribution in [0.1, 0.15) is 38.2 Å². The number of rotatable bonds is 3. The average molecular weight is 235 g/mol. The van der Waals surface area contributed by atoms with Crippen LogP contribution in [-0.4, -0.2) is 17.0 Å². The number of carbonyl (C=O) groups excluding carboxylic acids is 1. The number of nitrogens with two attached hydrogens (primary N) is 1. The molecule has 0 aliphatic heterocycles. The lowest BCUT2D eigenvalue weighted by molar-refractivity contribution is -0.117. The van der Waals surface area contributed by atoms with Gasteiger partial charge in [-0.05, 0) is 55.5 Å². The summed E-state index contributed by atoms with van der Waals surface area (Å²) in [5.41, 5.74) is 9.43. The number of hydrogen-bond donors (Lipinski definition) is 2. The Kier molecular flexibility index (Phi) is 3.56. The quantitative estimate of drug-likeness (QED) is 0.835. The summed E-state index contributed by atoms with van der Waals surface area (Å²) in [5, 5.41) is 9.25. The van der Waals surface area contributed by atoms with Crippen LogP contribution in [0.15, 0.2) is 0 Å². The highest BCUT2D eigenvalue weighted by Gasteiger charge is 2.20. The lowest BCUT2D eigenvalue weighted by Gasteiger charge is -2.17. The predicted molar refractivity (Wildman–Crippen MR) is 65.2 cm³/mol. The van der Waals surface area contributed by atoms with Crippen molar-refractivity contribution in [2.75, 3.05) is 0 Å². The number of carbonyl (C=O) groups is 2. The third-order valence-corrected chi connectivity index (χ3v) is 3.38. The van der Waals surface area contributed by atoms with Crippen molar-refractivity contribution >= 4 is 11.9 Å². The highest BCUT2D eigenvalue weighted by atomic mass is 16.4. The van der Waals surface area contributed by atoms with Crippen LogP contribution in [0.25, 0.3) is 0 Å². The van der Waals surface area contributed by atoms with Gasteiger partial charge in [-0.2, -0.15) is 0 Å². The zero-order valence-electron chi connectivity index (χ0n) is 10.5. The van der Waals surface area contributed by atoms with E-state index in [1.165, 1.54) is 0 Å². The third kappa shape index (κ3) is 2.30. The maximum absolute atomic E-state index is 11.3. The van der Waals surface area contributed by atoms with E-state index in [1.807, 2.05) is 20.8 Å². The molecule has 0 atom stereocenters. The molecule has 92 valence electrons. The van der Waals surface area contributed by atoms with Gasteiger partial charge in [-0.3, -0.25) is 4.79 Å². The summed E-state index contributed by atoms with van der Waals surface area (Å²) in [4.78, 5) is 22.3. The smallest absolute Gasteiger partial charge is 0.336 e.